The van der Waals surface area contributed by atoms with Gasteiger partial charge in [0.15, 0.2) is 0 Å². The Kier molecular flexibility index (Phi) is 7.37. The number of piperazine rings is 2. The van der Waals surface area contributed by atoms with Crippen LogP contribution in [0.3, 0.4) is 0 Å². The third-order valence-electron chi connectivity index (χ3n) is 6.25. The molecule has 0 unspecified atom stereocenters. The summed E-state index contributed by atoms with van der Waals surface area (Å²) in [5.74, 6) is 1.20. The first kappa shape index (κ1) is 24.4. The quantitative estimate of drug-likeness (QED) is 0.632. The van der Waals surface area contributed by atoms with Gasteiger partial charge in [-0.05, 0) is 30.3 Å². The molecule has 2 saturated heterocycles. The van der Waals surface area contributed by atoms with Crippen LogP contribution in [0.1, 0.15) is 5.56 Å². The number of carbonyl (C=O) groups excluding carboxylic acids is 1. The number of alkyl halides is 3. The Balaban J connectivity index is 1.24. The molecular formula is C23H27ClF3N5O2. The van der Waals surface area contributed by atoms with Gasteiger partial charge in [0.05, 0.1) is 24.2 Å². The van der Waals surface area contributed by atoms with Crippen molar-refractivity contribution in [3.8, 4) is 5.75 Å². The molecule has 0 N–H and O–H groups in total. The van der Waals surface area contributed by atoms with Crippen LogP contribution in [-0.4, -0.2) is 86.7 Å². The van der Waals surface area contributed by atoms with Gasteiger partial charge >= 0.3 is 6.18 Å². The Morgan fingerprint density at radius 1 is 1.00 bits per heavy atom. The van der Waals surface area contributed by atoms with Crippen molar-refractivity contribution in [3.05, 3.63) is 47.1 Å². The lowest BCUT2D eigenvalue weighted by Crippen LogP contribution is -2.54. The molecule has 0 atom stereocenters. The smallest absolute Gasteiger partial charge is 0.417 e. The van der Waals surface area contributed by atoms with Gasteiger partial charge in [-0.2, -0.15) is 13.2 Å². The van der Waals surface area contributed by atoms with E-state index < -0.39 is 11.7 Å². The molecule has 2 aliphatic rings. The Labute approximate surface area is 201 Å². The van der Waals surface area contributed by atoms with E-state index in [2.05, 4.69) is 14.8 Å². The summed E-state index contributed by atoms with van der Waals surface area (Å²) in [6.07, 6.45) is -3.69. The lowest BCUT2D eigenvalue weighted by molar-refractivity contribution is -0.138. The van der Waals surface area contributed by atoms with Gasteiger partial charge < -0.3 is 19.4 Å². The second-order valence-corrected chi connectivity index (χ2v) is 8.76. The summed E-state index contributed by atoms with van der Waals surface area (Å²) in [6.45, 7) is 5.51. The highest BCUT2D eigenvalue weighted by Crippen LogP contribution is 2.33. The monoisotopic (exact) mass is 497 g/mol. The van der Waals surface area contributed by atoms with Crippen LogP contribution in [0.4, 0.5) is 24.7 Å². The molecular weight excluding hydrogens is 471 g/mol. The summed E-state index contributed by atoms with van der Waals surface area (Å²) in [5.41, 5.74) is 0.264. The number of nitrogens with zero attached hydrogens (tertiary/aromatic N) is 5. The molecule has 3 heterocycles. The number of benzene rings is 1. The van der Waals surface area contributed by atoms with E-state index in [1.54, 1.807) is 12.0 Å². The van der Waals surface area contributed by atoms with Crippen LogP contribution in [0.25, 0.3) is 0 Å². The van der Waals surface area contributed by atoms with Crippen molar-refractivity contribution in [1.29, 1.82) is 0 Å². The van der Waals surface area contributed by atoms with Crippen LogP contribution in [0.5, 0.6) is 5.75 Å². The largest absolute Gasteiger partial charge is 0.497 e. The molecule has 0 aliphatic carbocycles. The predicted molar refractivity (Wildman–Crippen MR) is 125 cm³/mol. The minimum absolute atomic E-state index is 0.0377. The Hall–Kier alpha value is -2.72. The topological polar surface area (TPSA) is 52.2 Å². The average molecular weight is 498 g/mol. The first-order valence-corrected chi connectivity index (χ1v) is 11.5. The third-order valence-corrected chi connectivity index (χ3v) is 6.53. The highest BCUT2D eigenvalue weighted by atomic mass is 35.5. The number of methoxy groups -OCH3 is 1. The van der Waals surface area contributed by atoms with E-state index in [4.69, 9.17) is 16.3 Å². The molecule has 0 spiro atoms. The Morgan fingerprint density at radius 3 is 2.18 bits per heavy atom. The van der Waals surface area contributed by atoms with Crippen molar-refractivity contribution >= 4 is 29.0 Å². The predicted octanol–water partition coefficient (Wildman–Crippen LogP) is 3.23. The zero-order valence-corrected chi connectivity index (χ0v) is 19.6. The van der Waals surface area contributed by atoms with E-state index in [9.17, 15) is 18.0 Å². The molecule has 0 saturated carbocycles. The maximum atomic E-state index is 12.8. The second-order valence-electron chi connectivity index (χ2n) is 8.36. The minimum atomic E-state index is -4.49. The number of halogens is 4. The Morgan fingerprint density at radius 2 is 1.62 bits per heavy atom. The van der Waals surface area contributed by atoms with E-state index in [0.717, 1.165) is 49.9 Å². The molecule has 1 aromatic heterocycles. The van der Waals surface area contributed by atoms with Gasteiger partial charge in [-0.1, -0.05) is 11.6 Å². The fraction of sp³-hybridized carbons (Fsp3) is 0.478. The zero-order chi connectivity index (χ0) is 24.3. The van der Waals surface area contributed by atoms with Gasteiger partial charge in [-0.15, -0.1) is 0 Å². The van der Waals surface area contributed by atoms with Crippen LogP contribution >= 0.6 is 11.6 Å². The molecule has 0 bridgehead atoms. The van der Waals surface area contributed by atoms with E-state index in [-0.39, 0.29) is 10.9 Å². The van der Waals surface area contributed by atoms with Crippen LogP contribution in [-0.2, 0) is 11.0 Å². The molecule has 1 aromatic carbocycles. The van der Waals surface area contributed by atoms with Crippen molar-refractivity contribution in [3.63, 3.8) is 0 Å². The normalized spacial score (nSPS) is 17.7. The summed E-state index contributed by atoms with van der Waals surface area (Å²) in [5, 5.41) is -0.0377. The lowest BCUT2D eigenvalue weighted by atomic mass is 10.2. The van der Waals surface area contributed by atoms with Crippen molar-refractivity contribution in [1.82, 2.24) is 14.8 Å². The number of aromatic nitrogens is 1. The molecule has 4 rings (SSSR count). The van der Waals surface area contributed by atoms with Crippen molar-refractivity contribution in [2.45, 2.75) is 6.18 Å². The standard InChI is InChI=1S/C23H27ClF3N5O2/c1-34-19-4-2-18(3-5-19)30-8-6-29(7-9-30)16-21(33)31-10-12-32(13-11-31)22-20(24)14-17(15-28-22)23(25,26)27/h2-5,14-15H,6-13,16H2,1H3. The van der Waals surface area contributed by atoms with E-state index in [1.807, 2.05) is 29.2 Å². The average Bonchev–Trinajstić information content (AvgIpc) is 2.84. The molecule has 0 radical (unpaired) electrons. The third kappa shape index (κ3) is 5.67. The minimum Gasteiger partial charge on any atom is -0.497 e. The van der Waals surface area contributed by atoms with E-state index >= 15 is 0 Å². The molecule has 34 heavy (non-hydrogen) atoms. The van der Waals surface area contributed by atoms with Crippen LogP contribution in [0.15, 0.2) is 36.5 Å². The van der Waals surface area contributed by atoms with Gasteiger partial charge in [-0.3, -0.25) is 9.69 Å². The molecule has 1 amide bonds. The maximum Gasteiger partial charge on any atom is 0.417 e. The summed E-state index contributed by atoms with van der Waals surface area (Å²) in [4.78, 5) is 24.8. The van der Waals surface area contributed by atoms with Gasteiger partial charge in [0.25, 0.3) is 0 Å². The van der Waals surface area contributed by atoms with Crippen molar-refractivity contribution in [2.24, 2.45) is 0 Å². The first-order valence-electron chi connectivity index (χ1n) is 11.1. The number of hydrogen-bond acceptors (Lipinski definition) is 6. The summed E-state index contributed by atoms with van der Waals surface area (Å²) >= 11 is 6.07. The molecule has 2 fully saturated rings. The van der Waals surface area contributed by atoms with Gasteiger partial charge in [-0.25, -0.2) is 4.98 Å². The fourth-order valence-electron chi connectivity index (χ4n) is 4.23. The first-order chi connectivity index (χ1) is 16.2. The summed E-state index contributed by atoms with van der Waals surface area (Å²) < 4.78 is 43.7. The fourth-order valence-corrected chi connectivity index (χ4v) is 4.52. The highest BCUT2D eigenvalue weighted by molar-refractivity contribution is 6.33. The van der Waals surface area contributed by atoms with Gasteiger partial charge in [0.2, 0.25) is 5.91 Å². The second kappa shape index (κ2) is 10.3. The van der Waals surface area contributed by atoms with E-state index in [1.165, 1.54) is 0 Å². The maximum absolute atomic E-state index is 12.8. The number of anilines is 2. The van der Waals surface area contributed by atoms with Crippen molar-refractivity contribution < 1.29 is 22.7 Å². The van der Waals surface area contributed by atoms with Crippen LogP contribution in [0, 0.1) is 0 Å². The lowest BCUT2D eigenvalue weighted by Gasteiger charge is -2.39. The van der Waals surface area contributed by atoms with Crippen molar-refractivity contribution in [2.75, 3.05) is 75.8 Å². The zero-order valence-electron chi connectivity index (χ0n) is 18.9. The SMILES string of the molecule is COc1ccc(N2CCN(CC(=O)N3CCN(c4ncc(C(F)(F)F)cc4Cl)CC3)CC2)cc1. The molecule has 11 heteroatoms. The van der Waals surface area contributed by atoms with Gasteiger partial charge in [0.1, 0.15) is 11.6 Å². The number of hydrogen-bond donors (Lipinski definition) is 0. The number of rotatable bonds is 5. The van der Waals surface area contributed by atoms with Crippen LogP contribution < -0.4 is 14.5 Å². The number of amides is 1. The number of ether oxygens (including phenoxy) is 1. The molecule has 184 valence electrons. The molecule has 2 aromatic rings. The molecule has 2 aliphatic heterocycles. The number of pyridine rings is 1. The van der Waals surface area contributed by atoms with Gasteiger partial charge in [0, 0.05) is 64.2 Å². The summed E-state index contributed by atoms with van der Waals surface area (Å²) in [6, 6.07) is 8.86. The molecule has 7 nitrogen and oxygen atoms in total. The number of carbonyl (C=O) groups is 1. The summed E-state index contributed by atoms with van der Waals surface area (Å²) in [7, 11) is 1.64. The highest BCUT2D eigenvalue weighted by Gasteiger charge is 2.32. The Bertz CT molecular complexity index is 989. The van der Waals surface area contributed by atoms with E-state index in [0.29, 0.717) is 38.5 Å². The van der Waals surface area contributed by atoms with Crippen LogP contribution in [0.2, 0.25) is 5.02 Å².